The molecule has 2 aromatic carbocycles. The van der Waals surface area contributed by atoms with Crippen LogP contribution in [0.3, 0.4) is 0 Å². The van der Waals surface area contributed by atoms with Crippen molar-refractivity contribution >= 4 is 23.4 Å². The van der Waals surface area contributed by atoms with Crippen LogP contribution in [-0.4, -0.2) is 26.4 Å². The Morgan fingerprint density at radius 2 is 1.63 bits per heavy atom. The number of amides is 1. The molecular weight excluding hydrogens is 456 g/mol. The first-order valence-corrected chi connectivity index (χ1v) is 13.4. The van der Waals surface area contributed by atoms with Crippen LogP contribution in [0.5, 0.6) is 5.75 Å². The van der Waals surface area contributed by atoms with Crippen molar-refractivity contribution in [2.75, 3.05) is 11.1 Å². The van der Waals surface area contributed by atoms with Crippen molar-refractivity contribution < 1.29 is 9.53 Å². The summed E-state index contributed by atoms with van der Waals surface area (Å²) in [6, 6.07) is 16.1. The highest BCUT2D eigenvalue weighted by molar-refractivity contribution is 7.99. The Bertz CT molecular complexity index is 1110. The molecule has 6 nitrogen and oxygen atoms in total. The summed E-state index contributed by atoms with van der Waals surface area (Å²) in [4.78, 5) is 12.6. The molecule has 1 unspecified atom stereocenters. The van der Waals surface area contributed by atoms with Crippen LogP contribution in [0.15, 0.2) is 53.7 Å². The molecule has 0 bridgehead atoms. The molecule has 3 aromatic rings. The molecule has 0 aliphatic carbocycles. The van der Waals surface area contributed by atoms with Gasteiger partial charge in [0.15, 0.2) is 17.1 Å². The molecule has 0 radical (unpaired) electrons. The van der Waals surface area contributed by atoms with Gasteiger partial charge in [0.2, 0.25) is 5.91 Å². The monoisotopic (exact) mass is 494 g/mol. The molecule has 1 amide bonds. The minimum atomic E-state index is -0.274. The van der Waals surface area contributed by atoms with Gasteiger partial charge in [-0.05, 0) is 54.0 Å². The number of carbonyl (C=O) groups excluding carboxylic acids is 1. The average molecular weight is 495 g/mol. The Kier molecular flexibility index (Phi) is 9.38. The lowest BCUT2D eigenvalue weighted by Gasteiger charge is -2.20. The Morgan fingerprint density at radius 3 is 2.26 bits per heavy atom. The number of hydrogen-bond donors (Lipinski definition) is 1. The van der Waals surface area contributed by atoms with Gasteiger partial charge < -0.3 is 14.6 Å². The van der Waals surface area contributed by atoms with Crippen molar-refractivity contribution in [1.29, 1.82) is 0 Å². The Hall–Kier alpha value is -2.80. The summed E-state index contributed by atoms with van der Waals surface area (Å²) in [7, 11) is 0. The number of carbonyl (C=O) groups is 1. The van der Waals surface area contributed by atoms with Crippen LogP contribution < -0.4 is 10.1 Å². The van der Waals surface area contributed by atoms with Gasteiger partial charge in [-0.15, -0.1) is 10.2 Å². The van der Waals surface area contributed by atoms with Crippen molar-refractivity contribution in [2.24, 2.45) is 5.92 Å². The van der Waals surface area contributed by atoms with Gasteiger partial charge in [-0.25, -0.2) is 0 Å². The van der Waals surface area contributed by atoms with Crippen molar-refractivity contribution in [3.63, 3.8) is 0 Å². The first-order chi connectivity index (χ1) is 16.7. The minimum absolute atomic E-state index is 0.0666. The lowest BCUT2D eigenvalue weighted by Crippen LogP contribution is -2.17. The zero-order chi connectivity index (χ0) is 25.5. The molecule has 1 aromatic heterocycles. The number of nitrogens with one attached hydrogen (secondary N) is 1. The topological polar surface area (TPSA) is 69.0 Å². The molecule has 0 fully saturated rings. The Morgan fingerprint density at radius 1 is 0.943 bits per heavy atom. The predicted octanol–water partition coefficient (Wildman–Crippen LogP) is 7.05. The third-order valence-corrected chi connectivity index (χ3v) is 6.66. The van der Waals surface area contributed by atoms with E-state index in [-0.39, 0.29) is 17.8 Å². The molecule has 0 aliphatic heterocycles. The molecular formula is C28H38N4O2S. The first-order valence-electron chi connectivity index (χ1n) is 12.4. The number of hydrogen-bond acceptors (Lipinski definition) is 5. The van der Waals surface area contributed by atoms with Gasteiger partial charge in [-0.3, -0.25) is 4.79 Å². The highest BCUT2D eigenvalue weighted by Crippen LogP contribution is 2.31. The number of nitrogens with zero attached hydrogens (tertiary/aromatic N) is 3. The van der Waals surface area contributed by atoms with E-state index in [1.54, 1.807) is 0 Å². The van der Waals surface area contributed by atoms with E-state index in [0.717, 1.165) is 29.0 Å². The van der Waals surface area contributed by atoms with E-state index in [2.05, 4.69) is 79.8 Å². The molecule has 0 saturated carbocycles. The molecule has 3 rings (SSSR count). The highest BCUT2D eigenvalue weighted by Gasteiger charge is 2.22. The Labute approximate surface area is 213 Å². The summed E-state index contributed by atoms with van der Waals surface area (Å²) in [5.41, 5.74) is 3.22. The normalized spacial score (nSPS) is 12.4. The van der Waals surface area contributed by atoms with Gasteiger partial charge in [-0.1, -0.05) is 83.6 Å². The smallest absolute Gasteiger partial charge is 0.234 e. The molecule has 0 saturated heterocycles. The lowest BCUT2D eigenvalue weighted by atomic mass is 10.0. The van der Waals surface area contributed by atoms with E-state index >= 15 is 0 Å². The van der Waals surface area contributed by atoms with Crippen LogP contribution in [0.2, 0.25) is 0 Å². The summed E-state index contributed by atoms with van der Waals surface area (Å²) in [5, 5.41) is 12.6. The fourth-order valence-electron chi connectivity index (χ4n) is 3.83. The number of aromatic nitrogens is 3. The first kappa shape index (κ1) is 26.8. The molecule has 0 aliphatic rings. The molecule has 1 N–H and O–H groups in total. The number of anilines is 1. The summed E-state index contributed by atoms with van der Waals surface area (Å²) in [6.45, 7) is 15.7. The average Bonchev–Trinajstić information content (AvgIpc) is 3.20. The van der Waals surface area contributed by atoms with Gasteiger partial charge in [0.05, 0.1) is 5.75 Å². The zero-order valence-electron chi connectivity index (χ0n) is 21.9. The van der Waals surface area contributed by atoms with Crippen LogP contribution in [0.4, 0.5) is 5.69 Å². The van der Waals surface area contributed by atoms with Crippen molar-refractivity contribution in [1.82, 2.24) is 14.8 Å². The van der Waals surface area contributed by atoms with Gasteiger partial charge >= 0.3 is 0 Å². The second-order valence-corrected chi connectivity index (χ2v) is 10.9. The van der Waals surface area contributed by atoms with E-state index in [1.165, 1.54) is 22.9 Å². The van der Waals surface area contributed by atoms with Gasteiger partial charge in [-0.2, -0.15) is 0 Å². The van der Waals surface area contributed by atoms with Crippen LogP contribution in [0.25, 0.3) is 0 Å². The predicted molar refractivity (Wildman–Crippen MR) is 144 cm³/mol. The minimum Gasteiger partial charge on any atom is -0.482 e. The maximum Gasteiger partial charge on any atom is 0.234 e. The van der Waals surface area contributed by atoms with Crippen LogP contribution in [0.1, 0.15) is 83.4 Å². The van der Waals surface area contributed by atoms with Gasteiger partial charge in [0.25, 0.3) is 0 Å². The van der Waals surface area contributed by atoms with E-state index in [0.29, 0.717) is 17.8 Å². The fourth-order valence-corrected chi connectivity index (χ4v) is 4.59. The summed E-state index contributed by atoms with van der Waals surface area (Å²) >= 11 is 1.40. The maximum absolute atomic E-state index is 12.6. The number of ether oxygens (including phenoxy) is 1. The standard InChI is InChI=1S/C28H38N4O2S/c1-18(2)16-32-27(21(7)34-25-11-9-8-10-24(25)20(5)6)30-31-28(32)35-17-26(33)29-23-14-12-22(13-15-23)19(3)4/h8-15,18-21H,16-17H2,1-7H3,(H,29,33). The van der Waals surface area contributed by atoms with Gasteiger partial charge in [0.1, 0.15) is 5.75 Å². The van der Waals surface area contributed by atoms with Crippen molar-refractivity contribution in [2.45, 2.75) is 78.1 Å². The number of benzene rings is 2. The molecule has 188 valence electrons. The lowest BCUT2D eigenvalue weighted by molar-refractivity contribution is -0.113. The quantitative estimate of drug-likeness (QED) is 0.289. The molecule has 7 heteroatoms. The highest BCUT2D eigenvalue weighted by atomic mass is 32.2. The molecule has 0 spiro atoms. The van der Waals surface area contributed by atoms with Crippen LogP contribution in [-0.2, 0) is 11.3 Å². The number of para-hydroxylation sites is 1. The van der Waals surface area contributed by atoms with E-state index in [4.69, 9.17) is 4.74 Å². The summed E-state index contributed by atoms with van der Waals surface area (Å²) in [6.07, 6.45) is -0.274. The third-order valence-electron chi connectivity index (χ3n) is 5.70. The molecule has 1 atom stereocenters. The zero-order valence-corrected chi connectivity index (χ0v) is 22.7. The largest absolute Gasteiger partial charge is 0.482 e. The van der Waals surface area contributed by atoms with E-state index < -0.39 is 0 Å². The molecule has 35 heavy (non-hydrogen) atoms. The fraction of sp³-hybridized carbons (Fsp3) is 0.464. The molecule has 1 heterocycles. The summed E-state index contributed by atoms with van der Waals surface area (Å²) in [5.74, 6) is 3.04. The second-order valence-electron chi connectivity index (χ2n) is 9.91. The van der Waals surface area contributed by atoms with E-state index in [1.807, 2.05) is 37.3 Å². The summed E-state index contributed by atoms with van der Waals surface area (Å²) < 4.78 is 8.43. The maximum atomic E-state index is 12.6. The van der Waals surface area contributed by atoms with Crippen molar-refractivity contribution in [3.05, 3.63) is 65.5 Å². The number of thioether (sulfide) groups is 1. The number of rotatable bonds is 11. The Balaban J connectivity index is 1.70. The second kappa shape index (κ2) is 12.2. The van der Waals surface area contributed by atoms with Crippen molar-refractivity contribution in [3.8, 4) is 5.75 Å². The SMILES string of the molecule is CC(C)Cn1c(SCC(=O)Nc2ccc(C(C)C)cc2)nnc1C(C)Oc1ccccc1C(C)C. The third kappa shape index (κ3) is 7.34. The van der Waals surface area contributed by atoms with Gasteiger partial charge in [0, 0.05) is 12.2 Å². The van der Waals surface area contributed by atoms with Crippen LogP contribution >= 0.6 is 11.8 Å². The van der Waals surface area contributed by atoms with Crippen LogP contribution in [0, 0.1) is 5.92 Å². The van der Waals surface area contributed by atoms with E-state index in [9.17, 15) is 4.79 Å².